The molecule has 0 bridgehead atoms. The Balaban J connectivity index is 2.02. The summed E-state index contributed by atoms with van der Waals surface area (Å²) < 4.78 is 16.2. The van der Waals surface area contributed by atoms with Crippen molar-refractivity contribution in [3.63, 3.8) is 0 Å². The topological polar surface area (TPSA) is 47.9 Å². The Morgan fingerprint density at radius 2 is 2.00 bits per heavy atom. The van der Waals surface area contributed by atoms with E-state index in [4.69, 9.17) is 14.2 Å². The second-order valence-electron chi connectivity index (χ2n) is 4.45. The van der Waals surface area contributed by atoms with Crippen LogP contribution in [0.25, 0.3) is 0 Å². The van der Waals surface area contributed by atoms with Gasteiger partial charge in [-0.05, 0) is 6.42 Å². The van der Waals surface area contributed by atoms with Gasteiger partial charge in [-0.3, -0.25) is 0 Å². The monoisotopic (exact) mass is 216 g/mol. The van der Waals surface area contributed by atoms with E-state index in [1.807, 2.05) is 0 Å². The first-order chi connectivity index (χ1) is 7.28. The Hall–Kier alpha value is -0.160. The van der Waals surface area contributed by atoms with Gasteiger partial charge in [0.25, 0.3) is 0 Å². The molecule has 4 nitrogen and oxygen atoms in total. The van der Waals surface area contributed by atoms with Crippen molar-refractivity contribution in [2.75, 3.05) is 33.5 Å². The quantitative estimate of drug-likeness (QED) is 0.749. The van der Waals surface area contributed by atoms with Crippen molar-refractivity contribution < 1.29 is 19.3 Å². The van der Waals surface area contributed by atoms with Crippen LogP contribution in [0.3, 0.4) is 0 Å². The van der Waals surface area contributed by atoms with Crippen molar-refractivity contribution in [2.45, 2.75) is 31.0 Å². The maximum atomic E-state index is 10.4. The average Bonchev–Trinajstić information content (AvgIpc) is 2.82. The zero-order valence-electron chi connectivity index (χ0n) is 9.28. The van der Waals surface area contributed by atoms with Gasteiger partial charge in [0.1, 0.15) is 0 Å². The fourth-order valence-corrected chi connectivity index (χ4v) is 2.57. The summed E-state index contributed by atoms with van der Waals surface area (Å²) in [6, 6.07) is 0. The molecule has 1 N–H and O–H groups in total. The molecule has 2 aliphatic heterocycles. The van der Waals surface area contributed by atoms with Gasteiger partial charge < -0.3 is 19.3 Å². The zero-order chi connectivity index (χ0) is 10.7. The highest BCUT2D eigenvalue weighted by molar-refractivity contribution is 4.94. The fourth-order valence-electron chi connectivity index (χ4n) is 2.57. The lowest BCUT2D eigenvalue weighted by atomic mass is 9.81. The molecule has 0 saturated carbocycles. The molecule has 2 saturated heterocycles. The molecular weight excluding hydrogens is 196 g/mol. The van der Waals surface area contributed by atoms with Gasteiger partial charge in [0.2, 0.25) is 0 Å². The van der Waals surface area contributed by atoms with E-state index in [1.165, 1.54) is 0 Å². The number of methoxy groups -OCH3 is 1. The lowest BCUT2D eigenvalue weighted by Gasteiger charge is -2.41. The van der Waals surface area contributed by atoms with Crippen molar-refractivity contribution in [3.05, 3.63) is 0 Å². The summed E-state index contributed by atoms with van der Waals surface area (Å²) in [4.78, 5) is 0. The molecule has 2 atom stereocenters. The maximum Gasteiger partial charge on any atom is 0.0983 e. The smallest absolute Gasteiger partial charge is 0.0983 e. The highest BCUT2D eigenvalue weighted by atomic mass is 16.5. The fraction of sp³-hybridized carbons (Fsp3) is 1.00. The molecule has 0 spiro atoms. The minimum atomic E-state index is -0.422. The number of aliphatic hydroxyl groups excluding tert-OH is 1. The van der Waals surface area contributed by atoms with Crippen LogP contribution in [0.4, 0.5) is 0 Å². The second-order valence-corrected chi connectivity index (χ2v) is 4.45. The van der Waals surface area contributed by atoms with E-state index in [2.05, 4.69) is 0 Å². The third-order valence-electron chi connectivity index (χ3n) is 3.70. The molecule has 2 unspecified atom stereocenters. The molecule has 0 aromatic heterocycles. The number of ether oxygens (including phenoxy) is 3. The first-order valence-electron chi connectivity index (χ1n) is 5.67. The van der Waals surface area contributed by atoms with Crippen LogP contribution in [0.1, 0.15) is 19.3 Å². The minimum Gasteiger partial charge on any atom is -0.390 e. The number of aliphatic hydroxyl groups is 1. The van der Waals surface area contributed by atoms with E-state index in [-0.39, 0.29) is 5.92 Å². The van der Waals surface area contributed by atoms with Crippen LogP contribution in [-0.4, -0.2) is 50.3 Å². The molecule has 0 amide bonds. The van der Waals surface area contributed by atoms with Crippen molar-refractivity contribution in [1.82, 2.24) is 0 Å². The van der Waals surface area contributed by atoms with E-state index in [1.54, 1.807) is 7.11 Å². The third kappa shape index (κ3) is 2.18. The lowest BCUT2D eigenvalue weighted by molar-refractivity contribution is -0.167. The summed E-state index contributed by atoms with van der Waals surface area (Å²) in [5.74, 6) is 0.225. The molecule has 0 aromatic rings. The van der Waals surface area contributed by atoms with E-state index in [0.717, 1.165) is 25.9 Å². The SMILES string of the molecule is COC1(C(O)C2CCOC2)CCOCC1. The molecule has 15 heavy (non-hydrogen) atoms. The molecule has 0 aliphatic carbocycles. The Morgan fingerprint density at radius 3 is 2.53 bits per heavy atom. The summed E-state index contributed by atoms with van der Waals surface area (Å²) >= 11 is 0. The zero-order valence-corrected chi connectivity index (χ0v) is 9.28. The third-order valence-corrected chi connectivity index (χ3v) is 3.70. The van der Waals surface area contributed by atoms with Gasteiger partial charge >= 0.3 is 0 Å². The van der Waals surface area contributed by atoms with Crippen LogP contribution < -0.4 is 0 Å². The van der Waals surface area contributed by atoms with Gasteiger partial charge in [-0.2, -0.15) is 0 Å². The molecule has 4 heteroatoms. The number of rotatable bonds is 3. The van der Waals surface area contributed by atoms with Crippen LogP contribution in [0.5, 0.6) is 0 Å². The predicted octanol–water partition coefficient (Wildman–Crippen LogP) is 0.579. The van der Waals surface area contributed by atoms with Crippen LogP contribution in [0.15, 0.2) is 0 Å². The van der Waals surface area contributed by atoms with E-state index in [0.29, 0.717) is 19.8 Å². The summed E-state index contributed by atoms with van der Waals surface area (Å²) in [5, 5.41) is 10.4. The summed E-state index contributed by atoms with van der Waals surface area (Å²) in [7, 11) is 1.68. The van der Waals surface area contributed by atoms with Crippen molar-refractivity contribution in [3.8, 4) is 0 Å². The lowest BCUT2D eigenvalue weighted by Crippen LogP contribution is -2.51. The molecule has 0 radical (unpaired) electrons. The van der Waals surface area contributed by atoms with Gasteiger partial charge in [-0.1, -0.05) is 0 Å². The van der Waals surface area contributed by atoms with Gasteiger partial charge in [0.15, 0.2) is 0 Å². The first-order valence-corrected chi connectivity index (χ1v) is 5.67. The Morgan fingerprint density at radius 1 is 1.27 bits per heavy atom. The van der Waals surface area contributed by atoms with Crippen LogP contribution >= 0.6 is 0 Å². The van der Waals surface area contributed by atoms with Gasteiger partial charge in [-0.25, -0.2) is 0 Å². The average molecular weight is 216 g/mol. The van der Waals surface area contributed by atoms with E-state index < -0.39 is 11.7 Å². The van der Waals surface area contributed by atoms with Gasteiger partial charge in [0.05, 0.1) is 18.3 Å². The van der Waals surface area contributed by atoms with Crippen LogP contribution in [0.2, 0.25) is 0 Å². The first kappa shape index (κ1) is 11.3. The number of hydrogen-bond donors (Lipinski definition) is 1. The van der Waals surface area contributed by atoms with Crippen molar-refractivity contribution >= 4 is 0 Å². The molecule has 2 heterocycles. The summed E-state index contributed by atoms with van der Waals surface area (Å²) in [6.45, 7) is 2.78. The number of hydrogen-bond acceptors (Lipinski definition) is 4. The summed E-state index contributed by atoms with van der Waals surface area (Å²) in [5.41, 5.74) is -0.406. The maximum absolute atomic E-state index is 10.4. The predicted molar refractivity (Wildman–Crippen MR) is 54.7 cm³/mol. The normalized spacial score (nSPS) is 32.8. The molecule has 88 valence electrons. The van der Waals surface area contributed by atoms with Gasteiger partial charge in [0, 0.05) is 45.7 Å². The standard InChI is InChI=1S/C11H20O4/c1-13-11(3-6-14-7-4-11)10(12)9-2-5-15-8-9/h9-10,12H,2-8H2,1H3. The highest BCUT2D eigenvalue weighted by Crippen LogP contribution is 2.34. The van der Waals surface area contributed by atoms with Crippen molar-refractivity contribution in [2.24, 2.45) is 5.92 Å². The minimum absolute atomic E-state index is 0.225. The molecule has 2 fully saturated rings. The molecule has 2 rings (SSSR count). The van der Waals surface area contributed by atoms with Gasteiger partial charge in [-0.15, -0.1) is 0 Å². The van der Waals surface area contributed by atoms with Crippen LogP contribution in [-0.2, 0) is 14.2 Å². The Bertz CT molecular complexity index is 195. The molecule has 0 aromatic carbocycles. The Labute approximate surface area is 90.5 Å². The van der Waals surface area contributed by atoms with Crippen LogP contribution in [0, 0.1) is 5.92 Å². The highest BCUT2D eigenvalue weighted by Gasteiger charge is 2.44. The van der Waals surface area contributed by atoms with E-state index >= 15 is 0 Å². The molecule has 2 aliphatic rings. The largest absolute Gasteiger partial charge is 0.390 e. The second kappa shape index (κ2) is 4.78. The van der Waals surface area contributed by atoms with Crippen molar-refractivity contribution in [1.29, 1.82) is 0 Å². The van der Waals surface area contributed by atoms with E-state index in [9.17, 15) is 5.11 Å². The Kier molecular flexibility index (Phi) is 3.61. The molecular formula is C11H20O4. The summed E-state index contributed by atoms with van der Waals surface area (Å²) in [6.07, 6.45) is 2.07.